The summed E-state index contributed by atoms with van der Waals surface area (Å²) >= 11 is 0. The number of para-hydroxylation sites is 1. The quantitative estimate of drug-likeness (QED) is 0.555. The molecule has 0 heterocycles. The molecule has 0 atom stereocenters. The first-order valence-corrected chi connectivity index (χ1v) is 8.40. The van der Waals surface area contributed by atoms with E-state index in [1.165, 1.54) is 5.30 Å². The van der Waals surface area contributed by atoms with Crippen LogP contribution in [0.1, 0.15) is 41.5 Å². The van der Waals surface area contributed by atoms with Crippen LogP contribution in [0.5, 0.6) is 5.75 Å². The lowest BCUT2D eigenvalue weighted by atomic mass is 10.2. The van der Waals surface area contributed by atoms with Crippen molar-refractivity contribution >= 4 is 12.6 Å². The van der Waals surface area contributed by atoms with Gasteiger partial charge in [-0.25, -0.2) is 0 Å². The third kappa shape index (κ3) is 2.43. The molecule has 1 rings (SSSR count). The van der Waals surface area contributed by atoms with E-state index in [4.69, 9.17) is 11.4 Å². The Hall–Kier alpha value is -0.550. The number of rotatable bonds is 2. The van der Waals surface area contributed by atoms with Crippen LogP contribution >= 0.6 is 7.26 Å². The lowest BCUT2D eigenvalue weighted by Gasteiger charge is -2.51. The van der Waals surface area contributed by atoms with E-state index in [1.54, 1.807) is 7.11 Å². The number of benzene rings is 1. The molecule has 2 heteroatoms. The van der Waals surface area contributed by atoms with Crippen molar-refractivity contribution < 1.29 is 4.74 Å². The molecule has 0 N–H and O–H groups in total. The Morgan fingerprint density at radius 2 is 1.39 bits per heavy atom. The number of hydrogen-bond acceptors (Lipinski definition) is 1. The van der Waals surface area contributed by atoms with Gasteiger partial charge in [-0.2, -0.15) is 6.66 Å². The van der Waals surface area contributed by atoms with Crippen molar-refractivity contribution in [2.75, 3.05) is 7.11 Å². The summed E-state index contributed by atoms with van der Waals surface area (Å²) in [4.78, 5) is 0. The van der Waals surface area contributed by atoms with Gasteiger partial charge in [0.1, 0.15) is 5.30 Å². The van der Waals surface area contributed by atoms with Gasteiger partial charge in [0, 0.05) is 0 Å². The standard InChI is InChI=1S/C16H27OP/c1-15(2,3)18(8,16(4,5)6)14-12-10-9-11-13(14)17-7/h9-12H,8H2,1-7H3. The summed E-state index contributed by atoms with van der Waals surface area (Å²) in [6.07, 6.45) is 0. The largest absolute Gasteiger partial charge is 0.493 e. The molecule has 0 radical (unpaired) electrons. The molecule has 0 aromatic heterocycles. The highest BCUT2D eigenvalue weighted by atomic mass is 31.2. The lowest BCUT2D eigenvalue weighted by Crippen LogP contribution is -2.39. The second kappa shape index (κ2) is 4.85. The van der Waals surface area contributed by atoms with E-state index in [0.29, 0.717) is 0 Å². The topological polar surface area (TPSA) is 9.23 Å². The van der Waals surface area contributed by atoms with Crippen molar-refractivity contribution in [1.82, 2.24) is 0 Å². The van der Waals surface area contributed by atoms with Crippen LogP contribution in [0.25, 0.3) is 0 Å². The summed E-state index contributed by atoms with van der Waals surface area (Å²) in [7, 11) is 0.126. The highest BCUT2D eigenvalue weighted by Gasteiger charge is 2.50. The molecule has 0 amide bonds. The first-order valence-electron chi connectivity index (χ1n) is 6.43. The fourth-order valence-electron chi connectivity index (χ4n) is 2.67. The molecular formula is C16H27OP. The molecule has 0 aliphatic carbocycles. The van der Waals surface area contributed by atoms with E-state index in [9.17, 15) is 0 Å². The SMILES string of the molecule is [CH2-][P+](c1ccccc1OC)(C(C)(C)C)C(C)(C)C. The molecule has 18 heavy (non-hydrogen) atoms. The molecule has 102 valence electrons. The number of ether oxygens (including phenoxy) is 1. The fraction of sp³-hybridized carbons (Fsp3) is 0.562. The van der Waals surface area contributed by atoms with E-state index in [1.807, 2.05) is 12.1 Å². The summed E-state index contributed by atoms with van der Waals surface area (Å²) in [5.74, 6) is 0.977. The van der Waals surface area contributed by atoms with Gasteiger partial charge in [-0.15, -0.1) is 0 Å². The van der Waals surface area contributed by atoms with Gasteiger partial charge in [0.05, 0.1) is 17.4 Å². The second-order valence-corrected chi connectivity index (χ2v) is 11.6. The summed E-state index contributed by atoms with van der Waals surface area (Å²) in [6.45, 7) is 18.5. The maximum absolute atomic E-state index is 5.57. The van der Waals surface area contributed by atoms with Crippen LogP contribution in [-0.2, 0) is 0 Å². The van der Waals surface area contributed by atoms with Gasteiger partial charge in [0.15, 0.2) is 5.75 Å². The van der Waals surface area contributed by atoms with Crippen molar-refractivity contribution in [3.8, 4) is 5.75 Å². The monoisotopic (exact) mass is 266 g/mol. The van der Waals surface area contributed by atoms with Crippen LogP contribution in [0.3, 0.4) is 0 Å². The van der Waals surface area contributed by atoms with Crippen LogP contribution in [0.2, 0.25) is 0 Å². The van der Waals surface area contributed by atoms with Gasteiger partial charge in [-0.05, 0) is 53.7 Å². The van der Waals surface area contributed by atoms with Gasteiger partial charge < -0.3 is 4.74 Å². The first-order chi connectivity index (χ1) is 8.05. The summed E-state index contributed by atoms with van der Waals surface area (Å²) in [5.41, 5.74) is 0. The molecule has 0 aliphatic heterocycles. The van der Waals surface area contributed by atoms with Gasteiger partial charge in [0.25, 0.3) is 0 Å². The Labute approximate surface area is 113 Å². The van der Waals surface area contributed by atoms with E-state index < -0.39 is 7.26 Å². The normalized spacial score (nSPS) is 13.6. The molecule has 0 unspecified atom stereocenters. The van der Waals surface area contributed by atoms with Gasteiger partial charge in [-0.1, -0.05) is 19.4 Å². The van der Waals surface area contributed by atoms with Gasteiger partial charge in [-0.3, -0.25) is 0 Å². The molecule has 0 saturated heterocycles. The zero-order valence-corrected chi connectivity index (χ0v) is 13.8. The number of hydrogen-bond donors (Lipinski definition) is 0. The van der Waals surface area contributed by atoms with Crippen LogP contribution in [0.15, 0.2) is 24.3 Å². The van der Waals surface area contributed by atoms with Crippen LogP contribution < -0.4 is 10.0 Å². The minimum atomic E-state index is -1.62. The van der Waals surface area contributed by atoms with Crippen molar-refractivity contribution in [2.24, 2.45) is 0 Å². The average Bonchev–Trinajstić information content (AvgIpc) is 2.24. The Kier molecular flexibility index (Phi) is 4.18. The summed E-state index contributed by atoms with van der Waals surface area (Å²) < 4.78 is 5.57. The lowest BCUT2D eigenvalue weighted by molar-refractivity contribution is 0.418. The minimum Gasteiger partial charge on any atom is -0.493 e. The molecule has 0 spiro atoms. The van der Waals surface area contributed by atoms with Crippen molar-refractivity contribution in [3.05, 3.63) is 30.9 Å². The van der Waals surface area contributed by atoms with Gasteiger partial charge >= 0.3 is 0 Å². The minimum absolute atomic E-state index is 0.153. The van der Waals surface area contributed by atoms with E-state index in [-0.39, 0.29) is 10.3 Å². The van der Waals surface area contributed by atoms with E-state index >= 15 is 0 Å². The molecule has 0 bridgehead atoms. The third-order valence-electron chi connectivity index (χ3n) is 3.79. The smallest absolute Gasteiger partial charge is 0.158 e. The Morgan fingerprint density at radius 1 is 0.944 bits per heavy atom. The van der Waals surface area contributed by atoms with Crippen LogP contribution in [0, 0.1) is 6.66 Å². The summed E-state index contributed by atoms with van der Waals surface area (Å²) in [6, 6.07) is 8.36. The van der Waals surface area contributed by atoms with Crippen molar-refractivity contribution in [3.63, 3.8) is 0 Å². The second-order valence-electron chi connectivity index (χ2n) is 6.82. The maximum Gasteiger partial charge on any atom is 0.158 e. The van der Waals surface area contributed by atoms with Crippen molar-refractivity contribution in [1.29, 1.82) is 0 Å². The fourth-order valence-corrected chi connectivity index (χ4v) is 7.01. The van der Waals surface area contributed by atoms with E-state index in [0.717, 1.165) is 5.75 Å². The van der Waals surface area contributed by atoms with E-state index in [2.05, 4.69) is 53.7 Å². The average molecular weight is 266 g/mol. The molecule has 1 aromatic rings. The molecular weight excluding hydrogens is 239 g/mol. The highest BCUT2D eigenvalue weighted by Crippen LogP contribution is 2.75. The zero-order valence-electron chi connectivity index (χ0n) is 12.9. The number of methoxy groups -OCH3 is 1. The van der Waals surface area contributed by atoms with Gasteiger partial charge in [0.2, 0.25) is 0 Å². The third-order valence-corrected chi connectivity index (χ3v) is 9.56. The first kappa shape index (κ1) is 15.5. The predicted molar refractivity (Wildman–Crippen MR) is 84.4 cm³/mol. The highest BCUT2D eigenvalue weighted by molar-refractivity contribution is 7.86. The van der Waals surface area contributed by atoms with Crippen LogP contribution in [0.4, 0.5) is 0 Å². The molecule has 1 nitrogen and oxygen atoms in total. The predicted octanol–water partition coefficient (Wildman–Crippen LogP) is 4.73. The Balaban J connectivity index is 3.56. The van der Waals surface area contributed by atoms with Crippen molar-refractivity contribution in [2.45, 2.75) is 51.9 Å². The molecule has 1 aromatic carbocycles. The Bertz CT molecular complexity index is 396. The zero-order chi connectivity index (χ0) is 14.2. The molecule has 0 saturated carbocycles. The van der Waals surface area contributed by atoms with Crippen LogP contribution in [-0.4, -0.2) is 17.4 Å². The molecule has 0 fully saturated rings. The molecule has 0 aliphatic rings. The summed E-state index contributed by atoms with van der Waals surface area (Å²) in [5, 5.41) is 1.60. The maximum atomic E-state index is 5.57. The Morgan fingerprint density at radius 3 is 1.78 bits per heavy atom.